The molecule has 1 N–H and O–H groups in total. The molecule has 0 unspecified atom stereocenters. The largest absolute Gasteiger partial charge is 0.416 e. The SMILES string of the molecule is O=S(=O)(NCCCN1CCCC1)c1ccc(C(F)(F)F)cc1. The van der Waals surface area contributed by atoms with Crippen LogP contribution in [0.15, 0.2) is 29.2 Å². The van der Waals surface area contributed by atoms with Gasteiger partial charge in [-0.3, -0.25) is 0 Å². The van der Waals surface area contributed by atoms with Crippen LogP contribution >= 0.6 is 0 Å². The molecule has 1 aliphatic rings. The van der Waals surface area contributed by atoms with E-state index in [1.54, 1.807) is 0 Å². The third-order valence-electron chi connectivity index (χ3n) is 3.63. The maximum Gasteiger partial charge on any atom is 0.416 e. The molecule has 4 nitrogen and oxygen atoms in total. The van der Waals surface area contributed by atoms with E-state index in [0.717, 1.165) is 43.9 Å². The fraction of sp³-hybridized carbons (Fsp3) is 0.571. The Labute approximate surface area is 128 Å². The van der Waals surface area contributed by atoms with Gasteiger partial charge in [-0.25, -0.2) is 13.1 Å². The lowest BCUT2D eigenvalue weighted by molar-refractivity contribution is -0.137. The van der Waals surface area contributed by atoms with Crippen LogP contribution in [0.3, 0.4) is 0 Å². The summed E-state index contributed by atoms with van der Waals surface area (Å²) in [5.41, 5.74) is -0.861. The van der Waals surface area contributed by atoms with Crippen LogP contribution in [0.25, 0.3) is 0 Å². The lowest BCUT2D eigenvalue weighted by atomic mass is 10.2. The maximum absolute atomic E-state index is 12.4. The third-order valence-corrected chi connectivity index (χ3v) is 5.11. The Morgan fingerprint density at radius 2 is 1.68 bits per heavy atom. The molecule has 0 aliphatic carbocycles. The number of halogens is 3. The second-order valence-corrected chi connectivity index (χ2v) is 7.09. The lowest BCUT2D eigenvalue weighted by Gasteiger charge is -2.14. The van der Waals surface area contributed by atoms with Crippen molar-refractivity contribution in [1.29, 1.82) is 0 Å². The summed E-state index contributed by atoms with van der Waals surface area (Å²) in [6.07, 6.45) is -1.43. The summed E-state index contributed by atoms with van der Waals surface area (Å²) in [6.45, 7) is 3.20. The summed E-state index contributed by atoms with van der Waals surface area (Å²) in [7, 11) is -3.75. The average molecular weight is 336 g/mol. The number of hydrogen-bond donors (Lipinski definition) is 1. The first-order valence-electron chi connectivity index (χ1n) is 7.18. The van der Waals surface area contributed by atoms with Crippen molar-refractivity contribution >= 4 is 10.0 Å². The second-order valence-electron chi connectivity index (χ2n) is 5.32. The Bertz CT molecular complexity index is 579. The molecule has 0 radical (unpaired) electrons. The van der Waals surface area contributed by atoms with Gasteiger partial charge in [0.2, 0.25) is 10.0 Å². The maximum atomic E-state index is 12.4. The summed E-state index contributed by atoms with van der Waals surface area (Å²) < 4.78 is 63.7. The standard InChI is InChI=1S/C14H19F3N2O2S/c15-14(16,17)12-4-6-13(7-5-12)22(20,21)18-8-3-11-19-9-1-2-10-19/h4-7,18H,1-3,8-11H2. The van der Waals surface area contributed by atoms with Gasteiger partial charge in [-0.05, 0) is 63.2 Å². The second kappa shape index (κ2) is 6.97. The van der Waals surface area contributed by atoms with Crippen LogP contribution < -0.4 is 4.72 Å². The van der Waals surface area contributed by atoms with Crippen molar-refractivity contribution < 1.29 is 21.6 Å². The van der Waals surface area contributed by atoms with Crippen molar-refractivity contribution in [2.24, 2.45) is 0 Å². The summed E-state index contributed by atoms with van der Waals surface area (Å²) >= 11 is 0. The topological polar surface area (TPSA) is 49.4 Å². The predicted octanol–water partition coefficient (Wildman–Crippen LogP) is 2.47. The zero-order valence-electron chi connectivity index (χ0n) is 12.1. The number of alkyl halides is 3. The van der Waals surface area contributed by atoms with Crippen LogP contribution in [0.5, 0.6) is 0 Å². The fourth-order valence-corrected chi connectivity index (χ4v) is 3.50. The van der Waals surface area contributed by atoms with Crippen molar-refractivity contribution in [3.63, 3.8) is 0 Å². The number of nitrogens with zero attached hydrogens (tertiary/aromatic N) is 1. The van der Waals surface area contributed by atoms with E-state index >= 15 is 0 Å². The molecule has 0 spiro atoms. The monoisotopic (exact) mass is 336 g/mol. The van der Waals surface area contributed by atoms with E-state index in [0.29, 0.717) is 6.42 Å². The van der Waals surface area contributed by atoms with E-state index in [1.165, 1.54) is 12.8 Å². The first-order chi connectivity index (χ1) is 10.3. The zero-order chi connectivity index (χ0) is 16.2. The Balaban J connectivity index is 1.86. The normalized spacial score (nSPS) is 17.0. The average Bonchev–Trinajstić information content (AvgIpc) is 2.96. The van der Waals surface area contributed by atoms with Crippen LogP contribution in [0, 0.1) is 0 Å². The summed E-state index contributed by atoms with van der Waals surface area (Å²) in [5.74, 6) is 0. The van der Waals surface area contributed by atoms with Gasteiger partial charge in [0.1, 0.15) is 0 Å². The molecule has 1 fully saturated rings. The van der Waals surface area contributed by atoms with Gasteiger partial charge in [0.05, 0.1) is 10.5 Å². The van der Waals surface area contributed by atoms with E-state index in [4.69, 9.17) is 0 Å². The van der Waals surface area contributed by atoms with E-state index in [1.807, 2.05) is 0 Å². The molecule has 1 heterocycles. The van der Waals surface area contributed by atoms with Crippen molar-refractivity contribution in [2.75, 3.05) is 26.2 Å². The number of rotatable bonds is 6. The minimum atomic E-state index is -4.47. The zero-order valence-corrected chi connectivity index (χ0v) is 12.9. The summed E-state index contributed by atoms with van der Waals surface area (Å²) in [5, 5.41) is 0. The molecule has 1 aromatic carbocycles. The highest BCUT2D eigenvalue weighted by atomic mass is 32.2. The Hall–Kier alpha value is -1.12. The van der Waals surface area contributed by atoms with Gasteiger partial charge in [0.15, 0.2) is 0 Å². The highest BCUT2D eigenvalue weighted by Crippen LogP contribution is 2.29. The molecule has 1 aromatic rings. The van der Waals surface area contributed by atoms with Gasteiger partial charge < -0.3 is 4.90 Å². The van der Waals surface area contributed by atoms with Crippen LogP contribution in [-0.4, -0.2) is 39.5 Å². The van der Waals surface area contributed by atoms with E-state index in [2.05, 4.69) is 9.62 Å². The predicted molar refractivity (Wildman–Crippen MR) is 76.9 cm³/mol. The molecular weight excluding hydrogens is 317 g/mol. The molecule has 1 saturated heterocycles. The van der Waals surface area contributed by atoms with Crippen molar-refractivity contribution in [3.05, 3.63) is 29.8 Å². The Morgan fingerprint density at radius 3 is 2.23 bits per heavy atom. The van der Waals surface area contributed by atoms with E-state index in [-0.39, 0.29) is 11.4 Å². The minimum Gasteiger partial charge on any atom is -0.303 e. The number of sulfonamides is 1. The number of nitrogens with one attached hydrogen (secondary N) is 1. The first-order valence-corrected chi connectivity index (χ1v) is 8.67. The van der Waals surface area contributed by atoms with Crippen LogP contribution in [-0.2, 0) is 16.2 Å². The van der Waals surface area contributed by atoms with Gasteiger partial charge >= 0.3 is 6.18 Å². The van der Waals surface area contributed by atoms with Crippen molar-refractivity contribution in [1.82, 2.24) is 9.62 Å². The molecule has 1 aliphatic heterocycles. The molecule has 0 bridgehead atoms. The number of likely N-dealkylation sites (tertiary alicyclic amines) is 1. The molecule has 0 aromatic heterocycles. The smallest absolute Gasteiger partial charge is 0.303 e. The van der Waals surface area contributed by atoms with Crippen molar-refractivity contribution in [3.8, 4) is 0 Å². The fourth-order valence-electron chi connectivity index (χ4n) is 2.42. The summed E-state index contributed by atoms with van der Waals surface area (Å²) in [4.78, 5) is 2.12. The van der Waals surface area contributed by atoms with Gasteiger partial charge in [-0.2, -0.15) is 13.2 Å². The minimum absolute atomic E-state index is 0.151. The molecule has 2 rings (SSSR count). The van der Waals surface area contributed by atoms with Gasteiger partial charge in [-0.1, -0.05) is 0 Å². The molecule has 0 atom stereocenters. The number of hydrogen-bond acceptors (Lipinski definition) is 3. The Kier molecular flexibility index (Phi) is 5.46. The van der Waals surface area contributed by atoms with Crippen LogP contribution in [0.2, 0.25) is 0 Å². The summed E-state index contributed by atoms with van der Waals surface area (Å²) in [6, 6.07) is 3.51. The quantitative estimate of drug-likeness (QED) is 0.812. The highest BCUT2D eigenvalue weighted by Gasteiger charge is 2.30. The molecular formula is C14H19F3N2O2S. The van der Waals surface area contributed by atoms with Crippen LogP contribution in [0.4, 0.5) is 13.2 Å². The van der Waals surface area contributed by atoms with E-state index in [9.17, 15) is 21.6 Å². The highest BCUT2D eigenvalue weighted by molar-refractivity contribution is 7.89. The molecule has 22 heavy (non-hydrogen) atoms. The first kappa shape index (κ1) is 17.2. The van der Waals surface area contributed by atoms with Gasteiger partial charge in [0, 0.05) is 6.54 Å². The van der Waals surface area contributed by atoms with Crippen LogP contribution in [0.1, 0.15) is 24.8 Å². The molecule has 0 amide bonds. The third kappa shape index (κ3) is 4.69. The lowest BCUT2D eigenvalue weighted by Crippen LogP contribution is -2.28. The molecule has 8 heteroatoms. The van der Waals surface area contributed by atoms with Gasteiger partial charge in [-0.15, -0.1) is 0 Å². The number of benzene rings is 1. The molecule has 0 saturated carbocycles. The van der Waals surface area contributed by atoms with Crippen molar-refractivity contribution in [2.45, 2.75) is 30.3 Å². The van der Waals surface area contributed by atoms with E-state index < -0.39 is 21.8 Å². The van der Waals surface area contributed by atoms with Gasteiger partial charge in [0.25, 0.3) is 0 Å². The Morgan fingerprint density at radius 1 is 1.09 bits per heavy atom. The molecule has 124 valence electrons.